The van der Waals surface area contributed by atoms with E-state index in [0.717, 1.165) is 70.8 Å². The molecule has 0 aromatic heterocycles. The Balaban J connectivity index is 1.81. The fourth-order valence-electron chi connectivity index (χ4n) is 3.92. The second-order valence-corrected chi connectivity index (χ2v) is 11.3. The quantitative estimate of drug-likeness (QED) is 0.233. The minimum Gasteiger partial charge on any atom is -0.356 e. The molecule has 0 aliphatic carbocycles. The Bertz CT molecular complexity index is 524. The minimum atomic E-state index is -3.32. The first-order chi connectivity index (χ1) is 13.8. The van der Waals surface area contributed by atoms with Crippen LogP contribution >= 0.6 is 7.45 Å². The van der Waals surface area contributed by atoms with Gasteiger partial charge in [0.15, 0.2) is 0 Å². The Morgan fingerprint density at radius 3 is 2.21 bits per heavy atom. The molecule has 0 aromatic carbocycles. The zero-order chi connectivity index (χ0) is 21.5. The maximum atomic E-state index is 12.9. The van der Waals surface area contributed by atoms with Crippen LogP contribution in [0, 0.1) is 5.92 Å². The van der Waals surface area contributed by atoms with Crippen LogP contribution in [0.1, 0.15) is 96.8 Å². The van der Waals surface area contributed by atoms with Crippen LogP contribution in [-0.4, -0.2) is 37.2 Å². The molecule has 0 aromatic rings. The summed E-state index contributed by atoms with van der Waals surface area (Å²) >= 11 is 0. The standard InChI is InChI=1S/C22H42FN2O3P/c1-19-18-22(27)25-20(19)14-10-9-11-15-21(26)24-16-12-7-5-3-4-6-8-13-17-29(2,23)28/h19-20H,3-18H2,1-2H3,(H,24,26)(H,25,27)/t19-,20-,29?/m1/s1. The molecule has 3 atom stereocenters. The van der Waals surface area contributed by atoms with Gasteiger partial charge in [-0.3, -0.25) is 14.2 Å². The van der Waals surface area contributed by atoms with Crippen LogP contribution in [0.2, 0.25) is 0 Å². The highest BCUT2D eigenvalue weighted by Gasteiger charge is 2.27. The molecule has 5 nitrogen and oxygen atoms in total. The van der Waals surface area contributed by atoms with E-state index in [1.54, 1.807) is 0 Å². The minimum absolute atomic E-state index is 0.147. The molecular weight excluding hydrogens is 390 g/mol. The molecular formula is C22H42FN2O3P. The Kier molecular flexibility index (Phi) is 13.5. The maximum Gasteiger partial charge on any atom is 0.241 e. The summed E-state index contributed by atoms with van der Waals surface area (Å²) in [4.78, 5) is 23.2. The van der Waals surface area contributed by atoms with Crippen molar-refractivity contribution in [2.45, 2.75) is 103 Å². The van der Waals surface area contributed by atoms with E-state index in [1.807, 2.05) is 0 Å². The number of rotatable bonds is 17. The van der Waals surface area contributed by atoms with E-state index in [9.17, 15) is 18.4 Å². The van der Waals surface area contributed by atoms with E-state index in [2.05, 4.69) is 17.6 Å². The normalized spacial score (nSPS) is 21.0. The molecule has 0 spiro atoms. The fourth-order valence-corrected chi connectivity index (χ4v) is 4.71. The van der Waals surface area contributed by atoms with Gasteiger partial charge in [0, 0.05) is 38.3 Å². The van der Waals surface area contributed by atoms with Crippen molar-refractivity contribution in [3.8, 4) is 0 Å². The molecule has 1 unspecified atom stereocenters. The van der Waals surface area contributed by atoms with E-state index < -0.39 is 7.45 Å². The lowest BCUT2D eigenvalue weighted by Gasteiger charge is -2.14. The maximum absolute atomic E-state index is 12.9. The summed E-state index contributed by atoms with van der Waals surface area (Å²) in [5, 5.41) is 6.03. The largest absolute Gasteiger partial charge is 0.356 e. The fraction of sp³-hybridized carbons (Fsp3) is 0.909. The van der Waals surface area contributed by atoms with E-state index in [1.165, 1.54) is 19.5 Å². The number of carbonyl (C=O) groups excluding carboxylic acids is 2. The zero-order valence-corrected chi connectivity index (χ0v) is 19.4. The van der Waals surface area contributed by atoms with Gasteiger partial charge in [0.1, 0.15) is 0 Å². The molecule has 1 fully saturated rings. The lowest BCUT2D eigenvalue weighted by molar-refractivity contribution is -0.121. The Labute approximate surface area is 176 Å². The summed E-state index contributed by atoms with van der Waals surface area (Å²) < 4.78 is 23.8. The highest BCUT2D eigenvalue weighted by atomic mass is 31.2. The van der Waals surface area contributed by atoms with Crippen LogP contribution in [0.3, 0.4) is 0 Å². The molecule has 170 valence electrons. The first-order valence-electron chi connectivity index (χ1n) is 11.6. The van der Waals surface area contributed by atoms with Crippen LogP contribution < -0.4 is 10.6 Å². The molecule has 2 amide bonds. The predicted molar refractivity (Wildman–Crippen MR) is 118 cm³/mol. The van der Waals surface area contributed by atoms with Crippen LogP contribution in [0.4, 0.5) is 4.20 Å². The van der Waals surface area contributed by atoms with Gasteiger partial charge in [-0.1, -0.05) is 58.3 Å². The Morgan fingerprint density at radius 2 is 1.62 bits per heavy atom. The number of carbonyl (C=O) groups is 2. The monoisotopic (exact) mass is 432 g/mol. The number of hydrogen-bond acceptors (Lipinski definition) is 3. The SMILES string of the molecule is C[C@@H]1CC(=O)N[C@@H]1CCCCCC(=O)NCCCCCCCCCCP(C)(=O)F. The molecule has 0 radical (unpaired) electrons. The molecule has 1 saturated heterocycles. The van der Waals surface area contributed by atoms with Crippen LogP contribution in [-0.2, 0) is 14.2 Å². The van der Waals surface area contributed by atoms with Crippen molar-refractivity contribution in [1.82, 2.24) is 10.6 Å². The summed E-state index contributed by atoms with van der Waals surface area (Å²) in [6.07, 6.45) is 13.9. The third-order valence-electron chi connectivity index (χ3n) is 5.77. The number of nitrogens with one attached hydrogen (secondary N) is 2. The van der Waals surface area contributed by atoms with E-state index >= 15 is 0 Å². The van der Waals surface area contributed by atoms with Crippen LogP contribution in [0.25, 0.3) is 0 Å². The first kappa shape index (κ1) is 26.1. The van der Waals surface area contributed by atoms with E-state index in [-0.39, 0.29) is 18.0 Å². The topological polar surface area (TPSA) is 75.3 Å². The number of amides is 2. The third kappa shape index (κ3) is 14.7. The van der Waals surface area contributed by atoms with Crippen molar-refractivity contribution in [3.05, 3.63) is 0 Å². The van der Waals surface area contributed by atoms with Gasteiger partial charge in [-0.15, -0.1) is 0 Å². The Hall–Kier alpha value is -0.900. The molecule has 7 heteroatoms. The van der Waals surface area contributed by atoms with Crippen LogP contribution in [0.5, 0.6) is 0 Å². The molecule has 1 rings (SSSR count). The van der Waals surface area contributed by atoms with Crippen molar-refractivity contribution >= 4 is 19.3 Å². The molecule has 0 bridgehead atoms. The van der Waals surface area contributed by atoms with Gasteiger partial charge in [-0.25, -0.2) is 0 Å². The molecule has 1 heterocycles. The van der Waals surface area contributed by atoms with Crippen molar-refractivity contribution in [3.63, 3.8) is 0 Å². The number of hydrogen-bond donors (Lipinski definition) is 2. The molecule has 1 aliphatic rings. The predicted octanol–water partition coefficient (Wildman–Crippen LogP) is 5.58. The molecule has 1 aliphatic heterocycles. The summed E-state index contributed by atoms with van der Waals surface area (Å²) in [5.41, 5.74) is 0. The second kappa shape index (κ2) is 15.0. The summed E-state index contributed by atoms with van der Waals surface area (Å²) in [5.74, 6) is 0.752. The summed E-state index contributed by atoms with van der Waals surface area (Å²) in [6, 6.07) is 0.321. The number of halogens is 1. The lowest BCUT2D eigenvalue weighted by Crippen LogP contribution is -2.28. The smallest absolute Gasteiger partial charge is 0.241 e. The van der Waals surface area contributed by atoms with Gasteiger partial charge < -0.3 is 10.6 Å². The highest BCUT2D eigenvalue weighted by Crippen LogP contribution is 2.43. The average molecular weight is 433 g/mol. The lowest BCUT2D eigenvalue weighted by atomic mass is 9.97. The van der Waals surface area contributed by atoms with Gasteiger partial charge in [0.25, 0.3) is 0 Å². The van der Waals surface area contributed by atoms with Gasteiger partial charge in [0.05, 0.1) is 0 Å². The van der Waals surface area contributed by atoms with Crippen molar-refractivity contribution in [1.29, 1.82) is 0 Å². The summed E-state index contributed by atoms with van der Waals surface area (Å²) in [7, 11) is -3.32. The van der Waals surface area contributed by atoms with Crippen molar-refractivity contribution in [2.75, 3.05) is 19.4 Å². The highest BCUT2D eigenvalue weighted by molar-refractivity contribution is 7.57. The third-order valence-corrected chi connectivity index (χ3v) is 6.88. The second-order valence-electron chi connectivity index (χ2n) is 8.84. The molecule has 0 saturated carbocycles. The first-order valence-corrected chi connectivity index (χ1v) is 13.8. The van der Waals surface area contributed by atoms with Crippen LogP contribution in [0.15, 0.2) is 0 Å². The van der Waals surface area contributed by atoms with Gasteiger partial charge in [0.2, 0.25) is 19.3 Å². The molecule has 2 N–H and O–H groups in total. The van der Waals surface area contributed by atoms with E-state index in [4.69, 9.17) is 0 Å². The van der Waals surface area contributed by atoms with Gasteiger partial charge >= 0.3 is 0 Å². The molecule has 29 heavy (non-hydrogen) atoms. The van der Waals surface area contributed by atoms with E-state index in [0.29, 0.717) is 24.8 Å². The van der Waals surface area contributed by atoms with Gasteiger partial charge in [-0.05, 0) is 31.6 Å². The number of unbranched alkanes of at least 4 members (excludes halogenated alkanes) is 9. The zero-order valence-electron chi connectivity index (χ0n) is 18.5. The van der Waals surface area contributed by atoms with Crippen molar-refractivity contribution < 1.29 is 18.4 Å². The summed E-state index contributed by atoms with van der Waals surface area (Å²) in [6.45, 7) is 4.09. The Morgan fingerprint density at radius 1 is 1.03 bits per heavy atom. The van der Waals surface area contributed by atoms with Crippen molar-refractivity contribution in [2.24, 2.45) is 5.92 Å². The average Bonchev–Trinajstić information content (AvgIpc) is 2.95. The van der Waals surface area contributed by atoms with Gasteiger partial charge in [-0.2, -0.15) is 4.20 Å².